The van der Waals surface area contributed by atoms with Gasteiger partial charge in [-0.2, -0.15) is 0 Å². The summed E-state index contributed by atoms with van der Waals surface area (Å²) in [5, 5.41) is 1.68. The van der Waals surface area contributed by atoms with Crippen molar-refractivity contribution in [3.63, 3.8) is 0 Å². The summed E-state index contributed by atoms with van der Waals surface area (Å²) in [5.41, 5.74) is 1.28. The number of nitrogens with two attached hydrogens (primary N) is 1. The molecule has 0 saturated carbocycles. The van der Waals surface area contributed by atoms with E-state index in [1.54, 1.807) is 12.1 Å². The Balaban J connectivity index is 2.49. The molecule has 0 fully saturated rings. The van der Waals surface area contributed by atoms with Gasteiger partial charge in [0.1, 0.15) is 5.75 Å². The van der Waals surface area contributed by atoms with Gasteiger partial charge >= 0.3 is 0 Å². The molecule has 0 aliphatic carbocycles. The van der Waals surface area contributed by atoms with E-state index in [-0.39, 0.29) is 0 Å². The summed E-state index contributed by atoms with van der Waals surface area (Å²) in [4.78, 5) is 0. The Labute approximate surface area is 79.1 Å². The topological polar surface area (TPSA) is 38.5 Å². The van der Waals surface area contributed by atoms with E-state index in [1.165, 1.54) is 5.56 Å². The van der Waals surface area contributed by atoms with E-state index in [4.69, 9.17) is 10.6 Å². The third-order valence-corrected chi connectivity index (χ3v) is 1.91. The van der Waals surface area contributed by atoms with Crippen molar-refractivity contribution < 1.29 is 4.74 Å². The zero-order chi connectivity index (χ0) is 9.68. The van der Waals surface area contributed by atoms with Gasteiger partial charge in [0.2, 0.25) is 0 Å². The summed E-state index contributed by atoms with van der Waals surface area (Å²) >= 11 is 0. The predicted molar refractivity (Wildman–Crippen MR) is 53.5 cm³/mol. The van der Waals surface area contributed by atoms with Gasteiger partial charge in [-0.1, -0.05) is 12.1 Å². The summed E-state index contributed by atoms with van der Waals surface area (Å²) in [6.07, 6.45) is 0.969. The molecule has 13 heavy (non-hydrogen) atoms. The summed E-state index contributed by atoms with van der Waals surface area (Å²) in [6.45, 7) is 0.867. The maximum Gasteiger partial charge on any atom is 0.118 e. The number of hydrazine groups is 1. The van der Waals surface area contributed by atoms with Crippen molar-refractivity contribution in [2.45, 2.75) is 6.42 Å². The minimum atomic E-state index is 0.867. The first-order chi connectivity index (χ1) is 6.22. The minimum Gasteiger partial charge on any atom is -0.497 e. The van der Waals surface area contributed by atoms with Gasteiger partial charge < -0.3 is 4.74 Å². The molecule has 0 amide bonds. The Hall–Kier alpha value is -1.06. The second kappa shape index (κ2) is 4.84. The summed E-state index contributed by atoms with van der Waals surface area (Å²) in [5.74, 6) is 6.40. The molecule has 0 radical (unpaired) electrons. The van der Waals surface area contributed by atoms with Crippen LogP contribution in [0, 0.1) is 0 Å². The first-order valence-corrected chi connectivity index (χ1v) is 4.31. The van der Waals surface area contributed by atoms with Gasteiger partial charge in [-0.3, -0.25) is 5.84 Å². The molecule has 0 atom stereocenters. The Morgan fingerprint density at radius 1 is 1.31 bits per heavy atom. The van der Waals surface area contributed by atoms with E-state index in [9.17, 15) is 0 Å². The minimum absolute atomic E-state index is 0.867. The van der Waals surface area contributed by atoms with Crippen LogP contribution in [0.5, 0.6) is 5.75 Å². The van der Waals surface area contributed by atoms with Gasteiger partial charge in [0.05, 0.1) is 7.11 Å². The highest BCUT2D eigenvalue weighted by Crippen LogP contribution is 2.11. The lowest BCUT2D eigenvalue weighted by molar-refractivity contribution is 0.354. The standard InChI is InChI=1S/C10H16N2O/c1-12(11)8-7-9-3-5-10(13-2)6-4-9/h3-6H,7-8,11H2,1-2H3. The zero-order valence-corrected chi connectivity index (χ0v) is 8.16. The lowest BCUT2D eigenvalue weighted by atomic mass is 10.1. The fourth-order valence-electron chi connectivity index (χ4n) is 1.10. The second-order valence-electron chi connectivity index (χ2n) is 3.08. The molecule has 3 heteroatoms. The Bertz CT molecular complexity index is 244. The van der Waals surface area contributed by atoms with Gasteiger partial charge in [-0.25, -0.2) is 5.01 Å². The molecule has 0 spiro atoms. The molecule has 0 saturated heterocycles. The summed E-state index contributed by atoms with van der Waals surface area (Å²) in [7, 11) is 3.53. The van der Waals surface area contributed by atoms with Gasteiger partial charge in [0.15, 0.2) is 0 Å². The van der Waals surface area contributed by atoms with Gasteiger partial charge in [-0.15, -0.1) is 0 Å². The lowest BCUT2D eigenvalue weighted by Crippen LogP contribution is -2.28. The molecular formula is C10H16N2O. The first kappa shape index (κ1) is 10.0. The smallest absolute Gasteiger partial charge is 0.118 e. The quantitative estimate of drug-likeness (QED) is 0.556. The lowest BCUT2D eigenvalue weighted by Gasteiger charge is -2.09. The number of benzene rings is 1. The molecule has 0 heterocycles. The van der Waals surface area contributed by atoms with Crippen LogP contribution in [0.1, 0.15) is 5.56 Å². The number of hydrogen-bond donors (Lipinski definition) is 1. The van der Waals surface area contributed by atoms with Gasteiger partial charge in [-0.05, 0) is 24.1 Å². The molecule has 72 valence electrons. The molecule has 0 bridgehead atoms. The fraction of sp³-hybridized carbons (Fsp3) is 0.400. The monoisotopic (exact) mass is 180 g/mol. The SMILES string of the molecule is COc1ccc(CCN(C)N)cc1. The van der Waals surface area contributed by atoms with Crippen LogP contribution in [-0.4, -0.2) is 25.7 Å². The highest BCUT2D eigenvalue weighted by Gasteiger charge is 1.95. The largest absolute Gasteiger partial charge is 0.497 e. The van der Waals surface area contributed by atoms with Crippen molar-refractivity contribution in [3.8, 4) is 5.75 Å². The third-order valence-electron chi connectivity index (χ3n) is 1.91. The van der Waals surface area contributed by atoms with Gasteiger partial charge in [0.25, 0.3) is 0 Å². The van der Waals surface area contributed by atoms with Crippen molar-refractivity contribution in [2.75, 3.05) is 20.7 Å². The van der Waals surface area contributed by atoms with Crippen molar-refractivity contribution in [1.82, 2.24) is 5.01 Å². The maximum atomic E-state index is 5.50. The maximum absolute atomic E-state index is 5.50. The number of ether oxygens (including phenoxy) is 1. The first-order valence-electron chi connectivity index (χ1n) is 4.31. The van der Waals surface area contributed by atoms with E-state index >= 15 is 0 Å². The van der Waals surface area contributed by atoms with E-state index < -0.39 is 0 Å². The van der Waals surface area contributed by atoms with Crippen LogP contribution in [0.2, 0.25) is 0 Å². The Kier molecular flexibility index (Phi) is 3.73. The number of hydrogen-bond acceptors (Lipinski definition) is 3. The van der Waals surface area contributed by atoms with Crippen molar-refractivity contribution >= 4 is 0 Å². The van der Waals surface area contributed by atoms with Crippen LogP contribution in [0.3, 0.4) is 0 Å². The number of likely N-dealkylation sites (N-methyl/N-ethyl adjacent to an activating group) is 1. The highest BCUT2D eigenvalue weighted by molar-refractivity contribution is 5.27. The Morgan fingerprint density at radius 2 is 1.92 bits per heavy atom. The zero-order valence-electron chi connectivity index (χ0n) is 8.16. The molecule has 1 aromatic carbocycles. The van der Waals surface area contributed by atoms with E-state index in [0.29, 0.717) is 0 Å². The number of nitrogens with zero attached hydrogens (tertiary/aromatic N) is 1. The van der Waals surface area contributed by atoms with Crippen LogP contribution in [-0.2, 0) is 6.42 Å². The van der Waals surface area contributed by atoms with E-state index in [1.807, 2.05) is 19.2 Å². The van der Waals surface area contributed by atoms with Crippen molar-refractivity contribution in [3.05, 3.63) is 29.8 Å². The average molecular weight is 180 g/mol. The van der Waals surface area contributed by atoms with Gasteiger partial charge in [0, 0.05) is 13.6 Å². The molecular weight excluding hydrogens is 164 g/mol. The average Bonchev–Trinajstić information content (AvgIpc) is 2.15. The molecule has 0 aromatic heterocycles. The Morgan fingerprint density at radius 3 is 2.38 bits per heavy atom. The third kappa shape index (κ3) is 3.44. The van der Waals surface area contributed by atoms with Crippen molar-refractivity contribution in [2.24, 2.45) is 5.84 Å². The van der Waals surface area contributed by atoms with Crippen LogP contribution >= 0.6 is 0 Å². The van der Waals surface area contributed by atoms with Crippen molar-refractivity contribution in [1.29, 1.82) is 0 Å². The molecule has 1 rings (SSSR count). The molecule has 0 aliphatic heterocycles. The normalized spacial score (nSPS) is 10.5. The molecule has 1 aromatic rings. The molecule has 0 aliphatic rings. The highest BCUT2D eigenvalue weighted by atomic mass is 16.5. The predicted octanol–water partition coefficient (Wildman–Crippen LogP) is 1.04. The number of methoxy groups -OCH3 is 1. The molecule has 3 nitrogen and oxygen atoms in total. The fourth-order valence-corrected chi connectivity index (χ4v) is 1.10. The number of rotatable bonds is 4. The second-order valence-corrected chi connectivity index (χ2v) is 3.08. The molecule has 0 unspecified atom stereocenters. The summed E-state index contributed by atoms with van der Waals surface area (Å²) in [6, 6.07) is 8.04. The summed E-state index contributed by atoms with van der Waals surface area (Å²) < 4.78 is 5.06. The van der Waals surface area contributed by atoms with Crippen LogP contribution < -0.4 is 10.6 Å². The van der Waals surface area contributed by atoms with Crippen LogP contribution in [0.15, 0.2) is 24.3 Å². The van der Waals surface area contributed by atoms with Crippen LogP contribution in [0.25, 0.3) is 0 Å². The van der Waals surface area contributed by atoms with E-state index in [2.05, 4.69) is 12.1 Å². The van der Waals surface area contributed by atoms with E-state index in [0.717, 1.165) is 18.7 Å². The molecule has 2 N–H and O–H groups in total. The van der Waals surface area contributed by atoms with Crippen LogP contribution in [0.4, 0.5) is 0 Å².